The van der Waals surface area contributed by atoms with E-state index in [4.69, 9.17) is 22.1 Å². The Balaban J connectivity index is 1.93. The molecule has 0 aromatic heterocycles. The van der Waals surface area contributed by atoms with Crippen LogP contribution < -0.4 is 5.73 Å². The van der Waals surface area contributed by atoms with Crippen molar-refractivity contribution in [1.82, 2.24) is 0 Å². The van der Waals surface area contributed by atoms with E-state index in [9.17, 15) is 4.39 Å². The lowest BCUT2D eigenvalue weighted by atomic mass is 9.95. The summed E-state index contributed by atoms with van der Waals surface area (Å²) in [5.41, 5.74) is 6.64. The molecule has 2 unspecified atom stereocenters. The molecule has 94 valence electrons. The molecule has 0 radical (unpaired) electrons. The highest BCUT2D eigenvalue weighted by atomic mass is 35.5. The van der Waals surface area contributed by atoms with Crippen LogP contribution in [-0.4, -0.2) is 19.3 Å². The predicted molar refractivity (Wildman–Crippen MR) is 66.6 cm³/mol. The van der Waals surface area contributed by atoms with Gasteiger partial charge in [0.2, 0.25) is 0 Å². The monoisotopic (exact) mass is 257 g/mol. The van der Waals surface area contributed by atoms with E-state index in [-0.39, 0.29) is 16.9 Å². The van der Waals surface area contributed by atoms with Gasteiger partial charge in [-0.3, -0.25) is 0 Å². The summed E-state index contributed by atoms with van der Waals surface area (Å²) in [6.45, 7) is 1.61. The second kappa shape index (κ2) is 5.80. The summed E-state index contributed by atoms with van der Waals surface area (Å²) in [5.74, 6) is 0.180. The molecule has 1 fully saturated rings. The second-order valence-electron chi connectivity index (χ2n) is 4.64. The molecular formula is C13H17ClFNO. The number of hydrogen-bond acceptors (Lipinski definition) is 2. The first kappa shape index (κ1) is 12.8. The molecule has 1 aliphatic heterocycles. The average Bonchev–Trinajstić information content (AvgIpc) is 2.77. The van der Waals surface area contributed by atoms with Gasteiger partial charge in [0.15, 0.2) is 0 Å². The number of nitrogens with two attached hydrogens (primary N) is 1. The molecule has 1 heterocycles. The van der Waals surface area contributed by atoms with Crippen LogP contribution in [-0.2, 0) is 11.2 Å². The Hall–Kier alpha value is -0.640. The summed E-state index contributed by atoms with van der Waals surface area (Å²) in [7, 11) is 0. The SMILES string of the molecule is NC(Cc1cccc(Cl)c1F)CC1CCOC1. The Morgan fingerprint density at radius 2 is 2.35 bits per heavy atom. The summed E-state index contributed by atoms with van der Waals surface area (Å²) in [6, 6.07) is 5.02. The molecule has 4 heteroatoms. The van der Waals surface area contributed by atoms with E-state index in [1.54, 1.807) is 18.2 Å². The maximum atomic E-state index is 13.7. The Labute approximate surface area is 106 Å². The van der Waals surface area contributed by atoms with Gasteiger partial charge in [-0.15, -0.1) is 0 Å². The third kappa shape index (κ3) is 3.41. The number of rotatable bonds is 4. The predicted octanol–water partition coefficient (Wildman–Crippen LogP) is 2.78. The molecule has 1 aromatic carbocycles. The van der Waals surface area contributed by atoms with Crippen LogP contribution in [0.2, 0.25) is 5.02 Å². The van der Waals surface area contributed by atoms with Crippen molar-refractivity contribution < 1.29 is 9.13 Å². The fourth-order valence-electron chi connectivity index (χ4n) is 2.27. The molecule has 0 bridgehead atoms. The molecule has 2 atom stereocenters. The maximum absolute atomic E-state index is 13.7. The van der Waals surface area contributed by atoms with Gasteiger partial charge in [-0.25, -0.2) is 4.39 Å². The fourth-order valence-corrected chi connectivity index (χ4v) is 2.46. The van der Waals surface area contributed by atoms with Crippen molar-refractivity contribution in [2.75, 3.05) is 13.2 Å². The van der Waals surface area contributed by atoms with Gasteiger partial charge in [0.05, 0.1) is 5.02 Å². The Morgan fingerprint density at radius 3 is 3.06 bits per heavy atom. The van der Waals surface area contributed by atoms with E-state index in [1.807, 2.05) is 0 Å². The fraction of sp³-hybridized carbons (Fsp3) is 0.538. The first-order valence-electron chi connectivity index (χ1n) is 5.93. The molecule has 1 aromatic rings. The summed E-state index contributed by atoms with van der Waals surface area (Å²) in [5, 5.41) is 0.166. The topological polar surface area (TPSA) is 35.2 Å². The standard InChI is InChI=1S/C13H17ClFNO/c14-12-3-1-2-10(13(12)15)7-11(16)6-9-4-5-17-8-9/h1-3,9,11H,4-8,16H2. The van der Waals surface area contributed by atoms with Crippen LogP contribution >= 0.6 is 11.6 Å². The molecule has 0 saturated carbocycles. The molecule has 2 nitrogen and oxygen atoms in total. The molecule has 0 spiro atoms. The van der Waals surface area contributed by atoms with E-state index < -0.39 is 0 Å². The van der Waals surface area contributed by atoms with Crippen molar-refractivity contribution in [3.05, 3.63) is 34.6 Å². The van der Waals surface area contributed by atoms with Crippen molar-refractivity contribution in [3.63, 3.8) is 0 Å². The van der Waals surface area contributed by atoms with Gasteiger partial charge in [-0.1, -0.05) is 23.7 Å². The Morgan fingerprint density at radius 1 is 1.53 bits per heavy atom. The Kier molecular flexibility index (Phi) is 4.37. The highest BCUT2D eigenvalue weighted by Crippen LogP contribution is 2.22. The van der Waals surface area contributed by atoms with E-state index in [0.29, 0.717) is 17.9 Å². The van der Waals surface area contributed by atoms with Crippen molar-refractivity contribution in [3.8, 4) is 0 Å². The molecule has 1 aliphatic rings. The number of ether oxygens (including phenoxy) is 1. The van der Waals surface area contributed by atoms with Gasteiger partial charge in [0, 0.05) is 19.3 Å². The lowest BCUT2D eigenvalue weighted by Crippen LogP contribution is -2.26. The molecule has 0 aliphatic carbocycles. The highest BCUT2D eigenvalue weighted by molar-refractivity contribution is 6.30. The van der Waals surface area contributed by atoms with Gasteiger partial charge in [-0.05, 0) is 36.8 Å². The minimum atomic E-state index is -0.340. The van der Waals surface area contributed by atoms with Gasteiger partial charge < -0.3 is 10.5 Å². The first-order chi connectivity index (χ1) is 8.16. The lowest BCUT2D eigenvalue weighted by molar-refractivity contribution is 0.182. The van der Waals surface area contributed by atoms with E-state index in [1.165, 1.54) is 0 Å². The van der Waals surface area contributed by atoms with Crippen LogP contribution in [0.25, 0.3) is 0 Å². The van der Waals surface area contributed by atoms with Crippen LogP contribution in [0.15, 0.2) is 18.2 Å². The normalized spacial score (nSPS) is 21.7. The smallest absolute Gasteiger partial charge is 0.145 e. The number of hydrogen-bond donors (Lipinski definition) is 1. The first-order valence-corrected chi connectivity index (χ1v) is 6.31. The van der Waals surface area contributed by atoms with Crippen LogP contribution in [0.3, 0.4) is 0 Å². The molecule has 2 N–H and O–H groups in total. The van der Waals surface area contributed by atoms with E-state index in [0.717, 1.165) is 26.1 Å². The third-order valence-corrected chi connectivity index (χ3v) is 3.47. The van der Waals surface area contributed by atoms with Crippen LogP contribution in [0.4, 0.5) is 4.39 Å². The van der Waals surface area contributed by atoms with Gasteiger partial charge >= 0.3 is 0 Å². The van der Waals surface area contributed by atoms with Crippen molar-refractivity contribution in [1.29, 1.82) is 0 Å². The van der Waals surface area contributed by atoms with Crippen molar-refractivity contribution in [2.24, 2.45) is 11.7 Å². The Bertz CT molecular complexity index is 380. The number of halogens is 2. The quantitative estimate of drug-likeness (QED) is 0.900. The maximum Gasteiger partial charge on any atom is 0.145 e. The van der Waals surface area contributed by atoms with Crippen molar-refractivity contribution >= 4 is 11.6 Å². The summed E-state index contributed by atoms with van der Waals surface area (Å²) in [6.07, 6.45) is 2.47. The molecular weight excluding hydrogens is 241 g/mol. The molecule has 17 heavy (non-hydrogen) atoms. The second-order valence-corrected chi connectivity index (χ2v) is 5.05. The zero-order valence-electron chi connectivity index (χ0n) is 9.66. The summed E-state index contributed by atoms with van der Waals surface area (Å²) < 4.78 is 19.0. The van der Waals surface area contributed by atoms with Crippen LogP contribution in [0.1, 0.15) is 18.4 Å². The van der Waals surface area contributed by atoms with E-state index >= 15 is 0 Å². The minimum absolute atomic E-state index is 0.0327. The minimum Gasteiger partial charge on any atom is -0.381 e. The molecule has 2 rings (SSSR count). The number of benzene rings is 1. The van der Waals surface area contributed by atoms with Crippen LogP contribution in [0.5, 0.6) is 0 Å². The highest BCUT2D eigenvalue weighted by Gasteiger charge is 2.19. The van der Waals surface area contributed by atoms with Gasteiger partial charge in [0.25, 0.3) is 0 Å². The largest absolute Gasteiger partial charge is 0.381 e. The third-order valence-electron chi connectivity index (χ3n) is 3.17. The van der Waals surface area contributed by atoms with Gasteiger partial charge in [-0.2, -0.15) is 0 Å². The summed E-state index contributed by atoms with van der Waals surface area (Å²) in [4.78, 5) is 0. The molecule has 0 amide bonds. The summed E-state index contributed by atoms with van der Waals surface area (Å²) >= 11 is 5.73. The average molecular weight is 258 g/mol. The molecule has 1 saturated heterocycles. The van der Waals surface area contributed by atoms with Crippen LogP contribution in [0, 0.1) is 11.7 Å². The zero-order chi connectivity index (χ0) is 12.3. The van der Waals surface area contributed by atoms with Gasteiger partial charge in [0.1, 0.15) is 5.82 Å². The zero-order valence-corrected chi connectivity index (χ0v) is 10.4. The van der Waals surface area contributed by atoms with E-state index in [2.05, 4.69) is 0 Å². The van der Waals surface area contributed by atoms with Crippen molar-refractivity contribution in [2.45, 2.75) is 25.3 Å². The lowest BCUT2D eigenvalue weighted by Gasteiger charge is -2.16.